The van der Waals surface area contributed by atoms with Gasteiger partial charge in [-0.05, 0) is 32.7 Å². The van der Waals surface area contributed by atoms with E-state index >= 15 is 0 Å². The molecule has 0 N–H and O–H groups in total. The molecule has 74 valence electrons. The fourth-order valence-electron chi connectivity index (χ4n) is 1.30. The molecule has 2 heteroatoms. The van der Waals surface area contributed by atoms with Crippen molar-refractivity contribution < 1.29 is 0 Å². The van der Waals surface area contributed by atoms with Crippen molar-refractivity contribution >= 4 is 11.6 Å². The van der Waals surface area contributed by atoms with Crippen molar-refractivity contribution in [3.8, 4) is 0 Å². The molecule has 0 radical (unpaired) electrons. The Morgan fingerprint density at radius 2 is 1.83 bits per heavy atom. The minimum absolute atomic E-state index is 0.612. The summed E-state index contributed by atoms with van der Waals surface area (Å²) in [6.45, 7) is 11.2. The van der Waals surface area contributed by atoms with Crippen LogP contribution in [0.2, 0.25) is 0 Å². The highest BCUT2D eigenvalue weighted by molar-refractivity contribution is 6.18. The highest BCUT2D eigenvalue weighted by Crippen LogP contribution is 2.06. The Balaban J connectivity index is 3.77. The van der Waals surface area contributed by atoms with Gasteiger partial charge in [0.25, 0.3) is 0 Å². The van der Waals surface area contributed by atoms with Gasteiger partial charge in [-0.15, -0.1) is 11.6 Å². The maximum atomic E-state index is 5.77. The summed E-state index contributed by atoms with van der Waals surface area (Å²) in [5, 5.41) is 0. The summed E-state index contributed by atoms with van der Waals surface area (Å²) in [5.41, 5.74) is 0. The van der Waals surface area contributed by atoms with E-state index in [1.165, 1.54) is 13.0 Å². The SMILES string of the molecule is CCCN(CC(C)CCl)C(C)C. The van der Waals surface area contributed by atoms with Gasteiger partial charge < -0.3 is 4.90 Å². The molecule has 12 heavy (non-hydrogen) atoms. The van der Waals surface area contributed by atoms with E-state index < -0.39 is 0 Å². The van der Waals surface area contributed by atoms with Gasteiger partial charge in [-0.1, -0.05) is 13.8 Å². The van der Waals surface area contributed by atoms with Crippen LogP contribution in [0, 0.1) is 5.92 Å². The summed E-state index contributed by atoms with van der Waals surface area (Å²) in [7, 11) is 0. The van der Waals surface area contributed by atoms with Gasteiger partial charge in [0.2, 0.25) is 0 Å². The molecule has 0 aromatic heterocycles. The molecule has 0 rings (SSSR count). The molecule has 0 aromatic rings. The van der Waals surface area contributed by atoms with Crippen LogP contribution in [0.3, 0.4) is 0 Å². The molecule has 0 heterocycles. The van der Waals surface area contributed by atoms with E-state index in [2.05, 4.69) is 32.6 Å². The van der Waals surface area contributed by atoms with Crippen LogP contribution in [0.1, 0.15) is 34.1 Å². The van der Waals surface area contributed by atoms with Gasteiger partial charge in [0.05, 0.1) is 0 Å². The molecule has 1 nitrogen and oxygen atoms in total. The topological polar surface area (TPSA) is 3.24 Å². The van der Waals surface area contributed by atoms with Crippen LogP contribution in [0.4, 0.5) is 0 Å². The summed E-state index contributed by atoms with van der Waals surface area (Å²) in [4.78, 5) is 2.49. The van der Waals surface area contributed by atoms with E-state index in [0.717, 1.165) is 12.4 Å². The third-order valence-electron chi connectivity index (χ3n) is 2.05. The van der Waals surface area contributed by atoms with Gasteiger partial charge in [0.1, 0.15) is 0 Å². The lowest BCUT2D eigenvalue weighted by molar-refractivity contribution is 0.199. The summed E-state index contributed by atoms with van der Waals surface area (Å²) < 4.78 is 0. The van der Waals surface area contributed by atoms with Crippen LogP contribution >= 0.6 is 11.6 Å². The quantitative estimate of drug-likeness (QED) is 0.584. The smallest absolute Gasteiger partial charge is 0.0261 e. The Bertz CT molecular complexity index is 104. The normalized spacial score (nSPS) is 14.2. The summed E-state index contributed by atoms with van der Waals surface area (Å²) in [6, 6.07) is 0.649. The Kier molecular flexibility index (Phi) is 6.87. The summed E-state index contributed by atoms with van der Waals surface area (Å²) >= 11 is 5.77. The first-order chi connectivity index (χ1) is 5.61. The number of rotatable bonds is 6. The number of nitrogens with zero attached hydrogens (tertiary/aromatic N) is 1. The van der Waals surface area contributed by atoms with Gasteiger partial charge in [-0.25, -0.2) is 0 Å². The predicted molar refractivity (Wildman–Crippen MR) is 56.9 cm³/mol. The zero-order chi connectivity index (χ0) is 9.56. The lowest BCUT2D eigenvalue weighted by atomic mass is 10.1. The molecule has 0 spiro atoms. The monoisotopic (exact) mass is 191 g/mol. The Morgan fingerprint density at radius 3 is 2.17 bits per heavy atom. The first-order valence-electron chi connectivity index (χ1n) is 4.91. The lowest BCUT2D eigenvalue weighted by Crippen LogP contribution is -2.35. The van der Waals surface area contributed by atoms with Gasteiger partial charge in [-0.2, -0.15) is 0 Å². The van der Waals surface area contributed by atoms with Crippen molar-refractivity contribution in [2.75, 3.05) is 19.0 Å². The second kappa shape index (κ2) is 6.73. The fraction of sp³-hybridized carbons (Fsp3) is 1.00. The van der Waals surface area contributed by atoms with Gasteiger partial charge in [-0.3, -0.25) is 0 Å². The molecule has 0 aliphatic heterocycles. The zero-order valence-corrected chi connectivity index (χ0v) is 9.56. The largest absolute Gasteiger partial charge is 0.301 e. The molecule has 0 aliphatic rings. The number of halogens is 1. The molecule has 1 unspecified atom stereocenters. The van der Waals surface area contributed by atoms with Crippen molar-refractivity contribution in [2.45, 2.75) is 40.2 Å². The molecule has 1 atom stereocenters. The second-order valence-corrected chi connectivity index (χ2v) is 4.16. The van der Waals surface area contributed by atoms with E-state index in [0.29, 0.717) is 12.0 Å². The van der Waals surface area contributed by atoms with Gasteiger partial charge in [0, 0.05) is 18.5 Å². The maximum Gasteiger partial charge on any atom is 0.0261 e. The molecule has 0 saturated carbocycles. The van der Waals surface area contributed by atoms with Crippen molar-refractivity contribution in [2.24, 2.45) is 5.92 Å². The minimum atomic E-state index is 0.612. The van der Waals surface area contributed by atoms with Crippen molar-refractivity contribution in [3.63, 3.8) is 0 Å². The third kappa shape index (κ3) is 5.00. The molecular formula is C10H22ClN. The van der Waals surface area contributed by atoms with Crippen LogP contribution in [-0.4, -0.2) is 29.9 Å². The van der Waals surface area contributed by atoms with Crippen LogP contribution in [0.25, 0.3) is 0 Å². The number of alkyl halides is 1. The molecule has 0 saturated heterocycles. The molecular weight excluding hydrogens is 170 g/mol. The number of hydrogen-bond acceptors (Lipinski definition) is 1. The van der Waals surface area contributed by atoms with Gasteiger partial charge >= 0.3 is 0 Å². The average Bonchev–Trinajstić information content (AvgIpc) is 2.03. The molecule has 0 aliphatic carbocycles. The molecule has 0 fully saturated rings. The van der Waals surface area contributed by atoms with Crippen molar-refractivity contribution in [1.29, 1.82) is 0 Å². The first-order valence-corrected chi connectivity index (χ1v) is 5.45. The molecule has 0 aromatic carbocycles. The zero-order valence-electron chi connectivity index (χ0n) is 8.81. The van der Waals surface area contributed by atoms with Crippen molar-refractivity contribution in [3.05, 3.63) is 0 Å². The molecule has 0 bridgehead atoms. The predicted octanol–water partition coefficient (Wildman–Crippen LogP) is 2.98. The van der Waals surface area contributed by atoms with Crippen LogP contribution in [0.15, 0.2) is 0 Å². The van der Waals surface area contributed by atoms with E-state index in [1.54, 1.807) is 0 Å². The minimum Gasteiger partial charge on any atom is -0.301 e. The van der Waals surface area contributed by atoms with E-state index in [9.17, 15) is 0 Å². The van der Waals surface area contributed by atoms with Crippen LogP contribution in [0.5, 0.6) is 0 Å². The highest BCUT2D eigenvalue weighted by Gasteiger charge is 2.11. The Hall–Kier alpha value is 0.250. The van der Waals surface area contributed by atoms with E-state index in [-0.39, 0.29) is 0 Å². The standard InChI is InChI=1S/C10H22ClN/c1-5-6-12(9(2)3)8-10(4)7-11/h9-10H,5-8H2,1-4H3. The fourth-order valence-corrected chi connectivity index (χ4v) is 1.39. The van der Waals surface area contributed by atoms with Crippen molar-refractivity contribution in [1.82, 2.24) is 4.90 Å². The lowest BCUT2D eigenvalue weighted by Gasteiger charge is -2.28. The summed E-state index contributed by atoms with van der Waals surface area (Å²) in [6.07, 6.45) is 1.23. The van der Waals surface area contributed by atoms with Crippen LogP contribution in [-0.2, 0) is 0 Å². The summed E-state index contributed by atoms with van der Waals surface area (Å²) in [5.74, 6) is 1.38. The first kappa shape index (κ1) is 12.2. The second-order valence-electron chi connectivity index (χ2n) is 3.85. The highest BCUT2D eigenvalue weighted by atomic mass is 35.5. The number of hydrogen-bond donors (Lipinski definition) is 0. The van der Waals surface area contributed by atoms with E-state index in [4.69, 9.17) is 11.6 Å². The van der Waals surface area contributed by atoms with Gasteiger partial charge in [0.15, 0.2) is 0 Å². The Morgan fingerprint density at radius 1 is 1.25 bits per heavy atom. The average molecular weight is 192 g/mol. The van der Waals surface area contributed by atoms with E-state index in [1.807, 2.05) is 0 Å². The molecule has 0 amide bonds. The Labute approximate surface area is 82.1 Å². The maximum absolute atomic E-state index is 5.77. The third-order valence-corrected chi connectivity index (χ3v) is 2.58. The van der Waals surface area contributed by atoms with Crippen LogP contribution < -0.4 is 0 Å².